The third kappa shape index (κ3) is 4.20. The number of para-hydroxylation sites is 1. The van der Waals surface area contributed by atoms with E-state index >= 15 is 0 Å². The third-order valence-electron chi connectivity index (χ3n) is 5.55. The summed E-state index contributed by atoms with van der Waals surface area (Å²) < 4.78 is 44.0. The molecular formula is C26H21BrF3OP. The van der Waals surface area contributed by atoms with Crippen LogP contribution in [-0.4, -0.2) is 6.36 Å². The van der Waals surface area contributed by atoms with E-state index in [4.69, 9.17) is 0 Å². The van der Waals surface area contributed by atoms with Crippen molar-refractivity contribution < 1.29 is 17.9 Å². The van der Waals surface area contributed by atoms with Crippen LogP contribution in [0.1, 0.15) is 5.56 Å². The third-order valence-corrected chi connectivity index (χ3v) is 15.0. The fourth-order valence-electron chi connectivity index (χ4n) is 4.12. The zero-order valence-corrected chi connectivity index (χ0v) is 19.5. The van der Waals surface area contributed by atoms with Crippen molar-refractivity contribution in [2.24, 2.45) is 0 Å². The second-order valence-corrected chi connectivity index (χ2v) is 16.4. The van der Waals surface area contributed by atoms with Gasteiger partial charge in [-0.2, -0.15) is 0 Å². The number of hydrogen-bond donors (Lipinski definition) is 0. The minimum atomic E-state index is -4.77. The number of hydrogen-bond acceptors (Lipinski definition) is 1. The van der Waals surface area contributed by atoms with Gasteiger partial charge in [-0.3, -0.25) is 0 Å². The predicted octanol–water partition coefficient (Wildman–Crippen LogP) is 6.92. The van der Waals surface area contributed by atoms with Crippen molar-refractivity contribution in [2.75, 3.05) is 0 Å². The molecule has 0 N–H and O–H groups in total. The Morgan fingerprint density at radius 1 is 0.594 bits per heavy atom. The molecule has 6 heteroatoms. The molecule has 4 rings (SSSR count). The van der Waals surface area contributed by atoms with Gasteiger partial charge in [0.25, 0.3) is 0 Å². The van der Waals surface area contributed by atoms with Crippen LogP contribution < -0.4 is 20.7 Å². The van der Waals surface area contributed by atoms with Crippen LogP contribution in [0.4, 0.5) is 13.2 Å². The first-order valence-electron chi connectivity index (χ1n) is 10.0. The zero-order chi connectivity index (χ0) is 22.7. The molecule has 4 aromatic rings. The maximum absolute atomic E-state index is 13.2. The molecule has 4 aromatic carbocycles. The van der Waals surface area contributed by atoms with E-state index in [1.165, 1.54) is 6.07 Å². The maximum atomic E-state index is 13.2. The average Bonchev–Trinajstić information content (AvgIpc) is 2.81. The molecule has 0 heterocycles. The van der Waals surface area contributed by atoms with Gasteiger partial charge in [-0.25, -0.2) is 0 Å². The zero-order valence-electron chi connectivity index (χ0n) is 17.0. The molecule has 0 aliphatic rings. The molecule has 1 nitrogen and oxygen atoms in total. The fourth-order valence-corrected chi connectivity index (χ4v) is 11.8. The van der Waals surface area contributed by atoms with Crippen molar-refractivity contribution in [1.82, 2.24) is 0 Å². The topological polar surface area (TPSA) is 9.23 Å². The summed E-state index contributed by atoms with van der Waals surface area (Å²) in [5, 5.41) is -0.350. The van der Waals surface area contributed by atoms with Crippen LogP contribution in [0.2, 0.25) is 0 Å². The van der Waals surface area contributed by atoms with Crippen molar-refractivity contribution in [3.63, 3.8) is 0 Å². The molecule has 0 aromatic heterocycles. The molecule has 0 radical (unpaired) electrons. The summed E-state index contributed by atoms with van der Waals surface area (Å²) in [6.45, 7) is 0. The number of halogens is 4. The molecule has 0 aliphatic carbocycles. The molecular weight excluding hydrogens is 496 g/mol. The van der Waals surface area contributed by atoms with Gasteiger partial charge in [0, 0.05) is 0 Å². The predicted molar refractivity (Wildman–Crippen MR) is 131 cm³/mol. The van der Waals surface area contributed by atoms with E-state index in [0.29, 0.717) is 11.7 Å². The Bertz CT molecular complexity index is 1080. The summed E-state index contributed by atoms with van der Waals surface area (Å²) in [4.78, 5) is 0. The SMILES string of the molecule is FC(F)(F)Oc1ccccc1CP(Br)(c1ccccc1)(c1ccccc1)c1ccccc1. The van der Waals surface area contributed by atoms with Crippen LogP contribution in [0.25, 0.3) is 0 Å². The van der Waals surface area contributed by atoms with Crippen LogP contribution in [0.15, 0.2) is 115 Å². The van der Waals surface area contributed by atoms with E-state index in [0.717, 1.165) is 15.9 Å². The molecule has 32 heavy (non-hydrogen) atoms. The van der Waals surface area contributed by atoms with Gasteiger partial charge in [0.05, 0.1) is 0 Å². The van der Waals surface area contributed by atoms with Gasteiger partial charge >= 0.3 is 194 Å². The van der Waals surface area contributed by atoms with Gasteiger partial charge in [-0.1, -0.05) is 0 Å². The van der Waals surface area contributed by atoms with E-state index in [9.17, 15) is 13.2 Å². The molecule has 0 spiro atoms. The van der Waals surface area contributed by atoms with Crippen molar-refractivity contribution in [2.45, 2.75) is 12.5 Å². The van der Waals surface area contributed by atoms with Gasteiger partial charge in [0.1, 0.15) is 0 Å². The number of alkyl halides is 3. The Morgan fingerprint density at radius 3 is 1.38 bits per heavy atom. The summed E-state index contributed by atoms with van der Waals surface area (Å²) in [7, 11) is 0. The Morgan fingerprint density at radius 2 is 0.969 bits per heavy atom. The molecule has 0 fully saturated rings. The van der Waals surface area contributed by atoms with E-state index in [1.807, 2.05) is 91.0 Å². The normalized spacial score (nSPS) is 13.2. The minimum absolute atomic E-state index is 0.184. The van der Waals surface area contributed by atoms with Crippen molar-refractivity contribution in [3.05, 3.63) is 121 Å². The van der Waals surface area contributed by atoms with Gasteiger partial charge < -0.3 is 0 Å². The second kappa shape index (κ2) is 8.73. The molecule has 0 saturated carbocycles. The molecule has 0 saturated heterocycles. The Balaban J connectivity index is 2.04. The first-order valence-corrected chi connectivity index (χ1v) is 14.5. The molecule has 164 valence electrons. The van der Waals surface area contributed by atoms with E-state index < -0.39 is 11.7 Å². The summed E-state index contributed by atoms with van der Waals surface area (Å²) >= 11 is 4.26. The second-order valence-electron chi connectivity index (χ2n) is 7.50. The first kappa shape index (κ1) is 22.6. The van der Waals surface area contributed by atoms with Crippen LogP contribution in [0, 0.1) is 0 Å². The van der Waals surface area contributed by atoms with Gasteiger partial charge in [0.2, 0.25) is 0 Å². The molecule has 0 bridgehead atoms. The standard InChI is InChI=1S/C26H21BrF3OP/c27-32(22-13-4-1-5-14-22,23-15-6-2-7-16-23,24-17-8-3-9-18-24)20-21-12-10-11-19-25(21)31-26(28,29)30/h1-19H,20H2. The Labute approximate surface area is 193 Å². The van der Waals surface area contributed by atoms with Crippen LogP contribution in [0.5, 0.6) is 5.75 Å². The molecule has 0 unspecified atom stereocenters. The molecule has 0 atom stereocenters. The van der Waals surface area contributed by atoms with Gasteiger partial charge in [-0.15, -0.1) is 0 Å². The summed E-state index contributed by atoms with van der Waals surface area (Å²) in [5.74, 6) is -0.184. The van der Waals surface area contributed by atoms with Crippen molar-refractivity contribution in [1.29, 1.82) is 0 Å². The van der Waals surface area contributed by atoms with Gasteiger partial charge in [0.15, 0.2) is 0 Å². The molecule has 0 amide bonds. The quantitative estimate of drug-likeness (QED) is 0.252. The Hall–Kier alpha value is -2.62. The van der Waals surface area contributed by atoms with Crippen molar-refractivity contribution >= 4 is 36.7 Å². The average molecular weight is 517 g/mol. The summed E-state index contributed by atoms with van der Waals surface area (Å²) in [5.41, 5.74) is 0.482. The summed E-state index contributed by atoms with van der Waals surface area (Å²) in [6, 6.07) is 36.2. The van der Waals surface area contributed by atoms with Crippen LogP contribution >= 0.6 is 20.8 Å². The monoisotopic (exact) mass is 516 g/mol. The summed E-state index contributed by atoms with van der Waals surface area (Å²) in [6.07, 6.45) is -4.46. The first-order chi connectivity index (χ1) is 15.3. The van der Waals surface area contributed by atoms with Crippen LogP contribution in [0.3, 0.4) is 0 Å². The Kier molecular flexibility index (Phi) is 6.15. The van der Waals surface area contributed by atoms with Crippen molar-refractivity contribution in [3.8, 4) is 5.75 Å². The van der Waals surface area contributed by atoms with E-state index in [1.54, 1.807) is 18.2 Å². The number of ether oxygens (including phenoxy) is 1. The molecule has 0 aliphatic heterocycles. The fraction of sp³-hybridized carbons (Fsp3) is 0.0769. The van der Waals surface area contributed by atoms with E-state index in [2.05, 4.69) is 20.2 Å². The van der Waals surface area contributed by atoms with Crippen LogP contribution in [-0.2, 0) is 6.16 Å². The number of benzene rings is 4. The number of rotatable bonds is 6. The van der Waals surface area contributed by atoms with E-state index in [-0.39, 0.29) is 5.75 Å². The van der Waals surface area contributed by atoms with Gasteiger partial charge in [-0.05, 0) is 0 Å².